The number of methoxy groups -OCH3 is 1. The van der Waals surface area contributed by atoms with E-state index < -0.39 is 6.10 Å². The molecule has 36 heavy (non-hydrogen) atoms. The summed E-state index contributed by atoms with van der Waals surface area (Å²) >= 11 is 1.87. The standard InChI is InChI=1S/C31H26N2O2S/c1-35-28-17-24(32-31(33-28)22-12-6-7-13-25(22)34)23-16-27-30(21-11-5-4-10-20(21)23)29-19-9-3-2-8-18(19)14-15-26(29)36-27/h3-7,9-17,20-22,25,34H,2,8H2,1H3. The minimum atomic E-state index is -0.658. The summed E-state index contributed by atoms with van der Waals surface area (Å²) in [5.41, 5.74) is 6.30. The van der Waals surface area contributed by atoms with Gasteiger partial charge in [-0.05, 0) is 47.2 Å². The van der Waals surface area contributed by atoms with E-state index in [0.717, 1.165) is 24.1 Å². The summed E-state index contributed by atoms with van der Waals surface area (Å²) in [7, 11) is 1.63. The highest BCUT2D eigenvalue weighted by molar-refractivity contribution is 7.20. The first-order chi connectivity index (χ1) is 17.7. The van der Waals surface area contributed by atoms with Crippen molar-refractivity contribution < 1.29 is 9.84 Å². The van der Waals surface area contributed by atoms with Crippen LogP contribution < -0.4 is 4.74 Å². The third-order valence-electron chi connectivity index (χ3n) is 7.66. The summed E-state index contributed by atoms with van der Waals surface area (Å²) in [6.45, 7) is 0. The second-order valence-corrected chi connectivity index (χ2v) is 10.8. The molecule has 0 aliphatic heterocycles. The summed E-state index contributed by atoms with van der Waals surface area (Å²) in [4.78, 5) is 10.9. The van der Waals surface area contributed by atoms with Crippen molar-refractivity contribution >= 4 is 39.1 Å². The van der Waals surface area contributed by atoms with Crippen molar-refractivity contribution in [2.75, 3.05) is 7.11 Å². The summed E-state index contributed by atoms with van der Waals surface area (Å²) in [5, 5.41) is 12.0. The van der Waals surface area contributed by atoms with Crippen LogP contribution in [0.4, 0.5) is 0 Å². The van der Waals surface area contributed by atoms with Crippen LogP contribution in [0.1, 0.15) is 51.3 Å². The number of hydrogen-bond donors (Lipinski definition) is 1. The summed E-state index contributed by atoms with van der Waals surface area (Å²) in [6.07, 6.45) is 25.0. The molecule has 4 aliphatic carbocycles. The number of allylic oxidation sites excluding steroid dienone is 8. The van der Waals surface area contributed by atoms with Crippen LogP contribution >= 0.6 is 11.3 Å². The van der Waals surface area contributed by atoms with Crippen molar-refractivity contribution in [1.29, 1.82) is 0 Å². The maximum Gasteiger partial charge on any atom is 0.216 e. The van der Waals surface area contributed by atoms with Gasteiger partial charge < -0.3 is 9.84 Å². The molecule has 2 aromatic heterocycles. The Labute approximate surface area is 214 Å². The molecule has 4 nitrogen and oxygen atoms in total. The zero-order chi connectivity index (χ0) is 24.2. The molecule has 3 aromatic rings. The molecule has 0 radical (unpaired) electrons. The van der Waals surface area contributed by atoms with Gasteiger partial charge in [-0.1, -0.05) is 66.8 Å². The summed E-state index contributed by atoms with van der Waals surface area (Å²) in [6, 6.07) is 6.54. The van der Waals surface area contributed by atoms with Crippen LogP contribution in [0.25, 0.3) is 27.8 Å². The Morgan fingerprint density at radius 3 is 2.61 bits per heavy atom. The Bertz CT molecular complexity index is 1570. The predicted molar refractivity (Wildman–Crippen MR) is 147 cm³/mol. The fourth-order valence-corrected chi connectivity index (χ4v) is 7.16. The molecular weight excluding hydrogens is 464 g/mol. The molecule has 1 N–H and O–H groups in total. The quantitative estimate of drug-likeness (QED) is 0.449. The number of nitrogens with zero attached hydrogens (tertiary/aromatic N) is 2. The average molecular weight is 491 g/mol. The highest BCUT2D eigenvalue weighted by atomic mass is 32.1. The van der Waals surface area contributed by atoms with E-state index >= 15 is 0 Å². The topological polar surface area (TPSA) is 55.2 Å². The van der Waals surface area contributed by atoms with Crippen LogP contribution in [0.15, 0.2) is 72.9 Å². The number of thiophene rings is 1. The van der Waals surface area contributed by atoms with Gasteiger partial charge >= 0.3 is 0 Å². The Morgan fingerprint density at radius 1 is 0.972 bits per heavy atom. The van der Waals surface area contributed by atoms with E-state index in [0.29, 0.717) is 11.7 Å². The summed E-state index contributed by atoms with van der Waals surface area (Å²) in [5.74, 6) is 1.20. The van der Waals surface area contributed by atoms with Crippen molar-refractivity contribution in [1.82, 2.24) is 9.97 Å². The van der Waals surface area contributed by atoms with E-state index in [2.05, 4.69) is 59.6 Å². The molecule has 4 aliphatic rings. The molecule has 0 fully saturated rings. The molecule has 7 rings (SSSR count). The molecule has 0 amide bonds. The first-order valence-electron chi connectivity index (χ1n) is 12.5. The van der Waals surface area contributed by atoms with Crippen LogP contribution in [-0.4, -0.2) is 28.3 Å². The fraction of sp³-hybridized carbons (Fsp3) is 0.226. The number of hydrogen-bond acceptors (Lipinski definition) is 5. The van der Waals surface area contributed by atoms with Crippen LogP contribution in [-0.2, 0) is 6.42 Å². The number of aliphatic hydroxyl groups excluding tert-OH is 1. The lowest BCUT2D eigenvalue weighted by molar-refractivity contribution is 0.202. The number of fused-ring (bicyclic) bond motifs is 7. The molecule has 0 saturated heterocycles. The van der Waals surface area contributed by atoms with Gasteiger partial charge in [-0.3, -0.25) is 0 Å². The van der Waals surface area contributed by atoms with Gasteiger partial charge in [0.2, 0.25) is 5.88 Å². The van der Waals surface area contributed by atoms with Gasteiger partial charge in [0.25, 0.3) is 0 Å². The van der Waals surface area contributed by atoms with Crippen LogP contribution in [0, 0.1) is 5.92 Å². The van der Waals surface area contributed by atoms with Crippen molar-refractivity contribution in [3.05, 3.63) is 106 Å². The number of benzene rings is 1. The van der Waals surface area contributed by atoms with E-state index in [1.165, 1.54) is 31.7 Å². The molecule has 5 heteroatoms. The van der Waals surface area contributed by atoms with Gasteiger partial charge in [-0.15, -0.1) is 11.3 Å². The Kier molecular flexibility index (Phi) is 5.15. The lowest BCUT2D eigenvalue weighted by atomic mass is 9.72. The Hall–Kier alpha value is -3.54. The molecule has 0 spiro atoms. The molecule has 1 aromatic carbocycles. The van der Waals surface area contributed by atoms with Crippen molar-refractivity contribution in [3.63, 3.8) is 0 Å². The minimum absolute atomic E-state index is 0.169. The third kappa shape index (κ3) is 3.38. The monoisotopic (exact) mass is 490 g/mol. The Balaban J connectivity index is 1.43. The van der Waals surface area contributed by atoms with Crippen molar-refractivity contribution in [2.24, 2.45) is 5.92 Å². The van der Waals surface area contributed by atoms with Crippen LogP contribution in [0.2, 0.25) is 0 Å². The van der Waals surface area contributed by atoms with Gasteiger partial charge in [-0.2, -0.15) is 4.98 Å². The van der Waals surface area contributed by atoms with Crippen molar-refractivity contribution in [3.8, 4) is 5.88 Å². The van der Waals surface area contributed by atoms with Gasteiger partial charge in [0, 0.05) is 32.9 Å². The number of ether oxygens (including phenoxy) is 1. The van der Waals surface area contributed by atoms with Gasteiger partial charge in [-0.25, -0.2) is 4.98 Å². The highest BCUT2D eigenvalue weighted by Crippen LogP contribution is 2.52. The lowest BCUT2D eigenvalue weighted by Crippen LogP contribution is -2.21. The second-order valence-electron chi connectivity index (χ2n) is 9.69. The van der Waals surface area contributed by atoms with Crippen molar-refractivity contribution in [2.45, 2.75) is 30.8 Å². The van der Waals surface area contributed by atoms with Crippen LogP contribution in [0.5, 0.6) is 5.88 Å². The molecule has 0 bridgehead atoms. The zero-order valence-corrected chi connectivity index (χ0v) is 20.8. The average Bonchev–Trinajstić information content (AvgIpc) is 3.32. The first kappa shape index (κ1) is 21.7. The molecular formula is C31H26N2O2S. The SMILES string of the molecule is COc1cc(C2=Cc3sc4ccc5c(c4c3C3C=CC=CC23)C=CCC5)nc(C2C=CC=CC2O)n1. The zero-order valence-electron chi connectivity index (χ0n) is 20.0. The largest absolute Gasteiger partial charge is 0.481 e. The third-order valence-corrected chi connectivity index (χ3v) is 8.78. The van der Waals surface area contributed by atoms with E-state index in [-0.39, 0.29) is 17.8 Å². The van der Waals surface area contributed by atoms with E-state index in [4.69, 9.17) is 9.72 Å². The van der Waals surface area contributed by atoms with E-state index in [9.17, 15) is 5.11 Å². The number of aliphatic hydroxyl groups is 1. The van der Waals surface area contributed by atoms with E-state index in [1.807, 2.05) is 35.6 Å². The molecule has 4 unspecified atom stereocenters. The number of aryl methyl sites for hydroxylation is 1. The maximum absolute atomic E-state index is 10.6. The van der Waals surface area contributed by atoms with Gasteiger partial charge in [0.15, 0.2) is 0 Å². The van der Waals surface area contributed by atoms with Gasteiger partial charge in [0.1, 0.15) is 5.82 Å². The second kappa shape index (κ2) is 8.54. The normalized spacial score (nSPS) is 25.4. The lowest BCUT2D eigenvalue weighted by Gasteiger charge is -2.31. The van der Waals surface area contributed by atoms with Crippen LogP contribution in [0.3, 0.4) is 0 Å². The smallest absolute Gasteiger partial charge is 0.216 e. The first-order valence-corrected chi connectivity index (χ1v) is 13.3. The molecule has 178 valence electrons. The fourth-order valence-electron chi connectivity index (χ4n) is 5.93. The summed E-state index contributed by atoms with van der Waals surface area (Å²) < 4.78 is 6.93. The molecule has 0 saturated carbocycles. The number of aromatic nitrogens is 2. The molecule has 2 heterocycles. The van der Waals surface area contributed by atoms with Gasteiger partial charge in [0.05, 0.1) is 24.8 Å². The van der Waals surface area contributed by atoms with E-state index in [1.54, 1.807) is 13.2 Å². The molecule has 4 atom stereocenters. The Morgan fingerprint density at radius 2 is 1.78 bits per heavy atom. The number of rotatable bonds is 3. The predicted octanol–water partition coefficient (Wildman–Crippen LogP) is 6.61. The highest BCUT2D eigenvalue weighted by Gasteiger charge is 2.35. The minimum Gasteiger partial charge on any atom is -0.481 e. The maximum atomic E-state index is 10.6.